The Balaban J connectivity index is 1.67. The molecule has 0 aromatic carbocycles. The summed E-state index contributed by atoms with van der Waals surface area (Å²) >= 11 is 0. The molecular weight excluding hydrogens is 148 g/mol. The van der Waals surface area contributed by atoms with Crippen LogP contribution in [-0.2, 0) is 0 Å². The summed E-state index contributed by atoms with van der Waals surface area (Å²) in [5, 5.41) is 3.61. The maximum Gasteiger partial charge on any atom is 0.0105 e. The highest BCUT2D eigenvalue weighted by Crippen LogP contribution is 2.41. The Morgan fingerprint density at radius 3 is 2.50 bits per heavy atom. The smallest absolute Gasteiger partial charge is 0.0105 e. The first-order chi connectivity index (χ1) is 5.66. The second-order valence-corrected chi connectivity index (χ2v) is 4.81. The average Bonchev–Trinajstić information content (AvgIpc) is 2.59. The summed E-state index contributed by atoms with van der Waals surface area (Å²) in [6.07, 6.45) is 1.43. The third-order valence-corrected chi connectivity index (χ3v) is 3.09. The monoisotopic (exact) mass is 168 g/mol. The van der Waals surface area contributed by atoms with Crippen molar-refractivity contribution < 1.29 is 0 Å². The number of rotatable bonds is 3. The first kappa shape index (κ1) is 8.52. The largest absolute Gasteiger partial charge is 0.311 e. The fourth-order valence-electron chi connectivity index (χ4n) is 2.37. The highest BCUT2D eigenvalue weighted by molar-refractivity contribution is 5.01. The van der Waals surface area contributed by atoms with Gasteiger partial charge < -0.3 is 10.2 Å². The molecular formula is C10H20N2. The topological polar surface area (TPSA) is 15.3 Å². The van der Waals surface area contributed by atoms with Gasteiger partial charge in [-0.15, -0.1) is 0 Å². The molecule has 2 atom stereocenters. The van der Waals surface area contributed by atoms with Gasteiger partial charge >= 0.3 is 0 Å². The number of nitrogens with one attached hydrogen (secondary N) is 1. The van der Waals surface area contributed by atoms with Crippen molar-refractivity contribution in [2.75, 3.05) is 20.1 Å². The van der Waals surface area contributed by atoms with Crippen molar-refractivity contribution in [2.45, 2.75) is 32.4 Å². The molecule has 1 aliphatic carbocycles. The summed E-state index contributed by atoms with van der Waals surface area (Å²) in [6, 6.07) is 1.52. The van der Waals surface area contributed by atoms with Crippen LogP contribution in [0.15, 0.2) is 0 Å². The van der Waals surface area contributed by atoms with Crippen molar-refractivity contribution in [3.8, 4) is 0 Å². The van der Waals surface area contributed by atoms with Crippen LogP contribution in [0.5, 0.6) is 0 Å². The molecule has 2 nitrogen and oxygen atoms in total. The summed E-state index contributed by atoms with van der Waals surface area (Å²) in [5.74, 6) is 2.01. The van der Waals surface area contributed by atoms with E-state index in [1.807, 2.05) is 0 Å². The first-order valence-corrected chi connectivity index (χ1v) is 5.11. The summed E-state index contributed by atoms with van der Waals surface area (Å²) in [5.41, 5.74) is 0. The lowest BCUT2D eigenvalue weighted by Gasteiger charge is -2.36. The molecule has 1 aliphatic heterocycles. The zero-order valence-electron chi connectivity index (χ0n) is 8.38. The minimum atomic E-state index is 0.665. The maximum absolute atomic E-state index is 3.61. The van der Waals surface area contributed by atoms with E-state index in [0.29, 0.717) is 6.04 Å². The lowest BCUT2D eigenvalue weighted by molar-refractivity contribution is 0.113. The Morgan fingerprint density at radius 1 is 1.33 bits per heavy atom. The second kappa shape index (κ2) is 3.00. The molecule has 2 rings (SSSR count). The lowest BCUT2D eigenvalue weighted by Crippen LogP contribution is -2.46. The molecule has 2 fully saturated rings. The van der Waals surface area contributed by atoms with Gasteiger partial charge in [0, 0.05) is 25.2 Å². The highest BCUT2D eigenvalue weighted by atomic mass is 15.2. The molecule has 1 N–H and O–H groups in total. The molecule has 70 valence electrons. The quantitative estimate of drug-likeness (QED) is 0.674. The molecule has 2 aliphatic rings. The Kier molecular flexibility index (Phi) is 2.13. The summed E-state index contributed by atoms with van der Waals surface area (Å²) < 4.78 is 0. The predicted octanol–water partition coefficient (Wildman–Crippen LogP) is 0.934. The Hall–Kier alpha value is -0.0800. The second-order valence-electron chi connectivity index (χ2n) is 4.81. The van der Waals surface area contributed by atoms with Crippen LogP contribution in [-0.4, -0.2) is 37.1 Å². The van der Waals surface area contributed by atoms with Crippen molar-refractivity contribution >= 4 is 0 Å². The predicted molar refractivity (Wildman–Crippen MR) is 51.2 cm³/mol. The fourth-order valence-corrected chi connectivity index (χ4v) is 2.37. The van der Waals surface area contributed by atoms with Crippen LogP contribution in [0.2, 0.25) is 0 Å². The number of hydrogen-bond acceptors (Lipinski definition) is 2. The van der Waals surface area contributed by atoms with E-state index in [1.165, 1.54) is 19.5 Å². The van der Waals surface area contributed by atoms with Crippen LogP contribution >= 0.6 is 0 Å². The van der Waals surface area contributed by atoms with Crippen molar-refractivity contribution in [3.63, 3.8) is 0 Å². The molecule has 1 saturated heterocycles. The van der Waals surface area contributed by atoms with Crippen LogP contribution in [0, 0.1) is 11.8 Å². The Bertz CT molecular complexity index is 161. The molecule has 0 amide bonds. The van der Waals surface area contributed by atoms with Gasteiger partial charge in [-0.1, -0.05) is 13.8 Å². The van der Waals surface area contributed by atoms with Crippen LogP contribution in [0.25, 0.3) is 0 Å². The summed E-state index contributed by atoms with van der Waals surface area (Å²) in [6.45, 7) is 7.15. The number of likely N-dealkylation sites (tertiary alicyclic amines) is 1. The van der Waals surface area contributed by atoms with Crippen molar-refractivity contribution in [1.29, 1.82) is 0 Å². The highest BCUT2D eigenvalue weighted by Gasteiger charge is 2.46. The first-order valence-electron chi connectivity index (χ1n) is 5.11. The number of hydrogen-bond donors (Lipinski definition) is 1. The minimum Gasteiger partial charge on any atom is -0.311 e. The van der Waals surface area contributed by atoms with Crippen molar-refractivity contribution in [1.82, 2.24) is 10.2 Å². The van der Waals surface area contributed by atoms with Crippen LogP contribution in [0.1, 0.15) is 20.3 Å². The standard InChI is InChI=1S/C10H20N2/c1-7(2)11-10-4-9(10)8-5-12(3)6-8/h7-11H,4-6H2,1-3H3. The molecule has 0 aromatic heterocycles. The van der Waals surface area contributed by atoms with E-state index in [-0.39, 0.29) is 0 Å². The molecule has 12 heavy (non-hydrogen) atoms. The van der Waals surface area contributed by atoms with Crippen LogP contribution in [0.4, 0.5) is 0 Å². The van der Waals surface area contributed by atoms with Gasteiger partial charge in [-0.05, 0) is 25.3 Å². The van der Waals surface area contributed by atoms with E-state index in [2.05, 4.69) is 31.1 Å². The Labute approximate surface area is 75.3 Å². The van der Waals surface area contributed by atoms with Crippen LogP contribution < -0.4 is 5.32 Å². The zero-order valence-corrected chi connectivity index (χ0v) is 8.38. The Morgan fingerprint density at radius 2 is 2.00 bits per heavy atom. The van der Waals surface area contributed by atoms with Gasteiger partial charge in [-0.3, -0.25) is 0 Å². The van der Waals surface area contributed by atoms with E-state index in [9.17, 15) is 0 Å². The summed E-state index contributed by atoms with van der Waals surface area (Å²) in [7, 11) is 2.21. The molecule has 0 aromatic rings. The third-order valence-electron chi connectivity index (χ3n) is 3.09. The fraction of sp³-hybridized carbons (Fsp3) is 1.00. The molecule has 0 bridgehead atoms. The van der Waals surface area contributed by atoms with Gasteiger partial charge in [0.2, 0.25) is 0 Å². The van der Waals surface area contributed by atoms with E-state index >= 15 is 0 Å². The van der Waals surface area contributed by atoms with Gasteiger partial charge in [-0.2, -0.15) is 0 Å². The van der Waals surface area contributed by atoms with Crippen LogP contribution in [0.3, 0.4) is 0 Å². The molecule has 0 radical (unpaired) electrons. The SMILES string of the molecule is CC(C)NC1CC1C1CN(C)C1. The molecule has 1 saturated carbocycles. The zero-order chi connectivity index (χ0) is 8.72. The lowest BCUT2D eigenvalue weighted by atomic mass is 9.95. The van der Waals surface area contributed by atoms with E-state index in [1.54, 1.807) is 0 Å². The van der Waals surface area contributed by atoms with Gasteiger partial charge in [0.15, 0.2) is 0 Å². The van der Waals surface area contributed by atoms with Crippen molar-refractivity contribution in [2.24, 2.45) is 11.8 Å². The molecule has 0 spiro atoms. The van der Waals surface area contributed by atoms with Gasteiger partial charge in [0.25, 0.3) is 0 Å². The van der Waals surface area contributed by atoms with Gasteiger partial charge in [0.1, 0.15) is 0 Å². The molecule has 2 unspecified atom stereocenters. The summed E-state index contributed by atoms with van der Waals surface area (Å²) in [4.78, 5) is 2.41. The molecule has 2 heteroatoms. The molecule has 1 heterocycles. The minimum absolute atomic E-state index is 0.665. The van der Waals surface area contributed by atoms with Gasteiger partial charge in [-0.25, -0.2) is 0 Å². The maximum atomic E-state index is 3.61. The normalized spacial score (nSPS) is 37.0. The van der Waals surface area contributed by atoms with Crippen molar-refractivity contribution in [3.05, 3.63) is 0 Å². The van der Waals surface area contributed by atoms with E-state index < -0.39 is 0 Å². The third kappa shape index (κ3) is 1.64. The van der Waals surface area contributed by atoms with Gasteiger partial charge in [0.05, 0.1) is 0 Å². The number of nitrogens with zero attached hydrogens (tertiary/aromatic N) is 1. The van der Waals surface area contributed by atoms with E-state index in [0.717, 1.165) is 17.9 Å². The average molecular weight is 168 g/mol. The van der Waals surface area contributed by atoms with E-state index in [4.69, 9.17) is 0 Å².